The first-order chi connectivity index (χ1) is 14.5. The molecule has 4 rings (SSSR count). The van der Waals surface area contributed by atoms with Gasteiger partial charge in [-0.2, -0.15) is 10.1 Å². The minimum atomic E-state index is 0.0116. The van der Waals surface area contributed by atoms with Gasteiger partial charge in [-0.15, -0.1) is 0 Å². The van der Waals surface area contributed by atoms with E-state index in [1.54, 1.807) is 6.20 Å². The lowest BCUT2D eigenvalue weighted by Crippen LogP contribution is -2.41. The summed E-state index contributed by atoms with van der Waals surface area (Å²) in [6.07, 6.45) is 3.36. The molecule has 1 aliphatic heterocycles. The lowest BCUT2D eigenvalue weighted by atomic mass is 9.95. The number of benzene rings is 1. The molecule has 1 fully saturated rings. The van der Waals surface area contributed by atoms with Crippen LogP contribution in [0.2, 0.25) is 0 Å². The summed E-state index contributed by atoms with van der Waals surface area (Å²) in [5, 5.41) is 7.67. The largest absolute Gasteiger partial charge is 0.349 e. The molecule has 3 aromatic rings. The molecule has 2 aromatic heterocycles. The SMILES string of the molecule is Cc1cc(C)n(-c2ccnc(N3CCC(C(=O)N[C@@H](C)c4ccccc4)CC3)n2)n1. The van der Waals surface area contributed by atoms with Gasteiger partial charge in [-0.25, -0.2) is 9.67 Å². The van der Waals surface area contributed by atoms with Crippen molar-refractivity contribution >= 4 is 11.9 Å². The van der Waals surface area contributed by atoms with Crippen molar-refractivity contribution in [2.24, 2.45) is 5.92 Å². The number of aromatic nitrogens is 4. The fourth-order valence-electron chi connectivity index (χ4n) is 3.97. The number of rotatable bonds is 5. The Labute approximate surface area is 177 Å². The monoisotopic (exact) mass is 404 g/mol. The summed E-state index contributed by atoms with van der Waals surface area (Å²) in [5.41, 5.74) is 3.13. The van der Waals surface area contributed by atoms with Crippen LogP contribution in [0.4, 0.5) is 5.95 Å². The van der Waals surface area contributed by atoms with Gasteiger partial charge >= 0.3 is 0 Å². The van der Waals surface area contributed by atoms with Crippen LogP contribution in [0.5, 0.6) is 0 Å². The molecule has 30 heavy (non-hydrogen) atoms. The number of hydrogen-bond acceptors (Lipinski definition) is 5. The number of hydrogen-bond donors (Lipinski definition) is 1. The third-order valence-electron chi connectivity index (χ3n) is 5.66. The van der Waals surface area contributed by atoms with Gasteiger partial charge in [-0.3, -0.25) is 4.79 Å². The van der Waals surface area contributed by atoms with Crippen molar-refractivity contribution in [1.29, 1.82) is 0 Å². The van der Waals surface area contributed by atoms with E-state index in [4.69, 9.17) is 4.98 Å². The highest BCUT2D eigenvalue weighted by molar-refractivity contribution is 5.79. The summed E-state index contributed by atoms with van der Waals surface area (Å²) in [7, 11) is 0. The molecule has 0 bridgehead atoms. The minimum absolute atomic E-state index is 0.0116. The number of carbonyl (C=O) groups is 1. The van der Waals surface area contributed by atoms with Crippen molar-refractivity contribution in [3.8, 4) is 5.82 Å². The molecule has 0 aliphatic carbocycles. The second kappa shape index (κ2) is 8.65. The number of aryl methyl sites for hydroxylation is 2. The highest BCUT2D eigenvalue weighted by Gasteiger charge is 2.27. The zero-order valence-electron chi connectivity index (χ0n) is 17.7. The fourth-order valence-corrected chi connectivity index (χ4v) is 3.97. The van der Waals surface area contributed by atoms with Gasteiger partial charge in [0.2, 0.25) is 11.9 Å². The van der Waals surface area contributed by atoms with Gasteiger partial charge in [-0.1, -0.05) is 30.3 Å². The average Bonchev–Trinajstić information content (AvgIpc) is 3.12. The van der Waals surface area contributed by atoms with Gasteiger partial charge in [0.1, 0.15) is 0 Å². The molecule has 156 valence electrons. The molecule has 0 unspecified atom stereocenters. The third-order valence-corrected chi connectivity index (χ3v) is 5.66. The van der Waals surface area contributed by atoms with Gasteiger partial charge in [0, 0.05) is 37.0 Å². The van der Waals surface area contributed by atoms with E-state index in [0.717, 1.165) is 48.7 Å². The zero-order chi connectivity index (χ0) is 21.1. The van der Waals surface area contributed by atoms with Crippen molar-refractivity contribution in [3.05, 3.63) is 65.6 Å². The number of amides is 1. The number of nitrogens with one attached hydrogen (secondary N) is 1. The molecule has 7 nitrogen and oxygen atoms in total. The number of piperidine rings is 1. The van der Waals surface area contributed by atoms with Gasteiger partial charge in [0.15, 0.2) is 5.82 Å². The Balaban J connectivity index is 1.37. The van der Waals surface area contributed by atoms with Crippen LogP contribution in [0, 0.1) is 19.8 Å². The smallest absolute Gasteiger partial charge is 0.227 e. The van der Waals surface area contributed by atoms with Crippen molar-refractivity contribution < 1.29 is 4.79 Å². The Bertz CT molecular complexity index is 1010. The molecule has 1 N–H and O–H groups in total. The Kier molecular flexibility index (Phi) is 5.79. The van der Waals surface area contributed by atoms with Crippen LogP contribution < -0.4 is 10.2 Å². The maximum absolute atomic E-state index is 12.7. The molecule has 1 amide bonds. The summed E-state index contributed by atoms with van der Waals surface area (Å²) in [6.45, 7) is 7.54. The van der Waals surface area contributed by atoms with E-state index >= 15 is 0 Å². The topological polar surface area (TPSA) is 75.9 Å². The van der Waals surface area contributed by atoms with E-state index in [1.165, 1.54) is 0 Å². The standard InChI is InChI=1S/C23H28N6O/c1-16-15-17(2)29(27-16)21-9-12-24-23(26-21)28-13-10-20(11-14-28)22(30)25-18(3)19-7-5-4-6-8-19/h4-9,12,15,18,20H,10-11,13-14H2,1-3H3,(H,25,30)/t18-/m0/s1. The first-order valence-corrected chi connectivity index (χ1v) is 10.5. The van der Waals surface area contributed by atoms with Crippen LogP contribution in [0.1, 0.15) is 42.8 Å². The van der Waals surface area contributed by atoms with Crippen molar-refractivity contribution in [2.45, 2.75) is 39.7 Å². The molecular formula is C23H28N6O. The molecule has 1 aliphatic rings. The fraction of sp³-hybridized carbons (Fsp3) is 0.391. The van der Waals surface area contributed by atoms with E-state index in [-0.39, 0.29) is 17.9 Å². The number of nitrogens with zero attached hydrogens (tertiary/aromatic N) is 5. The van der Waals surface area contributed by atoms with E-state index < -0.39 is 0 Å². The normalized spacial score (nSPS) is 15.8. The zero-order valence-corrected chi connectivity index (χ0v) is 17.7. The van der Waals surface area contributed by atoms with Crippen molar-refractivity contribution in [2.75, 3.05) is 18.0 Å². The highest BCUT2D eigenvalue weighted by Crippen LogP contribution is 2.23. The molecule has 0 spiro atoms. The van der Waals surface area contributed by atoms with Crippen LogP contribution in [-0.2, 0) is 4.79 Å². The molecule has 1 aromatic carbocycles. The summed E-state index contributed by atoms with van der Waals surface area (Å²) < 4.78 is 1.84. The van der Waals surface area contributed by atoms with Crippen LogP contribution in [-0.4, -0.2) is 38.7 Å². The van der Waals surface area contributed by atoms with Crippen LogP contribution in [0.25, 0.3) is 5.82 Å². The minimum Gasteiger partial charge on any atom is -0.349 e. The molecule has 0 radical (unpaired) electrons. The second-order valence-corrected chi connectivity index (χ2v) is 7.96. The first-order valence-electron chi connectivity index (χ1n) is 10.5. The van der Waals surface area contributed by atoms with Crippen molar-refractivity contribution in [3.63, 3.8) is 0 Å². The summed E-state index contributed by atoms with van der Waals surface area (Å²) >= 11 is 0. The third kappa shape index (κ3) is 4.35. The molecular weight excluding hydrogens is 376 g/mol. The number of carbonyl (C=O) groups excluding carboxylic acids is 1. The molecule has 1 saturated heterocycles. The molecule has 1 atom stereocenters. The lowest BCUT2D eigenvalue weighted by molar-refractivity contribution is -0.126. The number of anilines is 1. The van der Waals surface area contributed by atoms with E-state index in [2.05, 4.69) is 20.3 Å². The average molecular weight is 405 g/mol. The Hall–Kier alpha value is -3.22. The van der Waals surface area contributed by atoms with Crippen LogP contribution in [0.15, 0.2) is 48.7 Å². The summed E-state index contributed by atoms with van der Waals surface area (Å²) in [4.78, 5) is 24.1. The van der Waals surface area contributed by atoms with Gasteiger partial charge in [0.05, 0.1) is 11.7 Å². The Morgan fingerprint density at radius 1 is 1.13 bits per heavy atom. The van der Waals surface area contributed by atoms with E-state index in [0.29, 0.717) is 5.95 Å². The molecule has 0 saturated carbocycles. The van der Waals surface area contributed by atoms with Gasteiger partial charge in [-0.05, 0) is 45.2 Å². The Morgan fingerprint density at radius 3 is 2.53 bits per heavy atom. The molecule has 7 heteroatoms. The maximum atomic E-state index is 12.7. The lowest BCUT2D eigenvalue weighted by Gasteiger charge is -2.32. The van der Waals surface area contributed by atoms with Crippen LogP contribution >= 0.6 is 0 Å². The Morgan fingerprint density at radius 2 is 1.87 bits per heavy atom. The van der Waals surface area contributed by atoms with Crippen molar-refractivity contribution in [1.82, 2.24) is 25.1 Å². The first kappa shape index (κ1) is 20.1. The van der Waals surface area contributed by atoms with E-state index in [9.17, 15) is 4.79 Å². The van der Waals surface area contributed by atoms with Crippen LogP contribution in [0.3, 0.4) is 0 Å². The quantitative estimate of drug-likeness (QED) is 0.706. The van der Waals surface area contributed by atoms with Gasteiger partial charge < -0.3 is 10.2 Å². The predicted octanol–water partition coefficient (Wildman–Crippen LogP) is 3.37. The van der Waals surface area contributed by atoms with Gasteiger partial charge in [0.25, 0.3) is 0 Å². The summed E-state index contributed by atoms with van der Waals surface area (Å²) in [6, 6.07) is 14.0. The summed E-state index contributed by atoms with van der Waals surface area (Å²) in [5.74, 6) is 1.61. The predicted molar refractivity (Wildman–Crippen MR) is 117 cm³/mol. The molecule has 3 heterocycles. The maximum Gasteiger partial charge on any atom is 0.227 e. The van der Waals surface area contributed by atoms with E-state index in [1.807, 2.05) is 67.9 Å². The highest BCUT2D eigenvalue weighted by atomic mass is 16.1. The second-order valence-electron chi connectivity index (χ2n) is 7.96.